The molecular formula is C15H24N2O. The van der Waals surface area contributed by atoms with Crippen LogP contribution in [0.4, 0.5) is 5.69 Å². The van der Waals surface area contributed by atoms with Gasteiger partial charge in [-0.05, 0) is 50.1 Å². The van der Waals surface area contributed by atoms with Gasteiger partial charge < -0.3 is 15.0 Å². The van der Waals surface area contributed by atoms with Crippen LogP contribution in [0.15, 0.2) is 18.2 Å². The van der Waals surface area contributed by atoms with Crippen molar-refractivity contribution in [2.24, 2.45) is 0 Å². The highest BCUT2D eigenvalue weighted by atomic mass is 16.5. The van der Waals surface area contributed by atoms with Crippen LogP contribution in [-0.4, -0.2) is 33.4 Å². The van der Waals surface area contributed by atoms with Crippen molar-refractivity contribution in [2.75, 3.05) is 32.2 Å². The first-order valence-corrected chi connectivity index (χ1v) is 6.76. The van der Waals surface area contributed by atoms with Crippen molar-refractivity contribution in [1.82, 2.24) is 5.32 Å². The van der Waals surface area contributed by atoms with Crippen molar-refractivity contribution >= 4 is 5.69 Å². The Morgan fingerprint density at radius 1 is 1.39 bits per heavy atom. The third kappa shape index (κ3) is 3.24. The summed E-state index contributed by atoms with van der Waals surface area (Å²) in [5.74, 6) is 0. The van der Waals surface area contributed by atoms with E-state index in [0.29, 0.717) is 0 Å². The Bertz CT molecular complexity index is 388. The summed E-state index contributed by atoms with van der Waals surface area (Å²) in [6, 6.07) is 7.52. The maximum absolute atomic E-state index is 5.21. The number of rotatable bonds is 7. The van der Waals surface area contributed by atoms with Gasteiger partial charge in [0, 0.05) is 31.9 Å². The Labute approximate surface area is 110 Å². The Kier molecular flexibility index (Phi) is 4.61. The van der Waals surface area contributed by atoms with Crippen LogP contribution in [0, 0.1) is 6.92 Å². The standard InChI is InChI=1S/C15H24N2O/c1-12-10-15(5-4-13(12)11-16-2)17(8-9-18-3)14-6-7-14/h4-5,10,14,16H,6-9,11H2,1-3H3. The second-order valence-electron chi connectivity index (χ2n) is 5.06. The molecule has 0 amide bonds. The van der Waals surface area contributed by atoms with Gasteiger partial charge in [-0.2, -0.15) is 0 Å². The van der Waals surface area contributed by atoms with Gasteiger partial charge in [-0.3, -0.25) is 0 Å². The van der Waals surface area contributed by atoms with Gasteiger partial charge in [0.15, 0.2) is 0 Å². The average Bonchev–Trinajstić information content (AvgIpc) is 3.17. The zero-order chi connectivity index (χ0) is 13.0. The smallest absolute Gasteiger partial charge is 0.0637 e. The van der Waals surface area contributed by atoms with Crippen molar-refractivity contribution in [3.05, 3.63) is 29.3 Å². The number of aryl methyl sites for hydroxylation is 1. The molecule has 1 saturated carbocycles. The van der Waals surface area contributed by atoms with Crippen LogP contribution in [-0.2, 0) is 11.3 Å². The van der Waals surface area contributed by atoms with E-state index in [1.165, 1.54) is 29.7 Å². The molecule has 0 spiro atoms. The minimum Gasteiger partial charge on any atom is -0.383 e. The SMILES string of the molecule is CNCc1ccc(N(CCOC)C2CC2)cc1C. The highest BCUT2D eigenvalue weighted by molar-refractivity contribution is 5.52. The number of benzene rings is 1. The number of hydrogen-bond acceptors (Lipinski definition) is 3. The first-order valence-electron chi connectivity index (χ1n) is 6.76. The molecule has 0 saturated heterocycles. The molecule has 3 heteroatoms. The van der Waals surface area contributed by atoms with Crippen molar-refractivity contribution in [3.63, 3.8) is 0 Å². The monoisotopic (exact) mass is 248 g/mol. The molecule has 0 heterocycles. The summed E-state index contributed by atoms with van der Waals surface area (Å²) in [5, 5.41) is 3.21. The topological polar surface area (TPSA) is 24.5 Å². The number of methoxy groups -OCH3 is 1. The average molecular weight is 248 g/mol. The van der Waals surface area contributed by atoms with Gasteiger partial charge in [0.2, 0.25) is 0 Å². The third-order valence-electron chi connectivity index (χ3n) is 3.55. The highest BCUT2D eigenvalue weighted by Gasteiger charge is 2.29. The maximum Gasteiger partial charge on any atom is 0.0637 e. The summed E-state index contributed by atoms with van der Waals surface area (Å²) in [6.45, 7) is 4.92. The predicted molar refractivity (Wildman–Crippen MR) is 76.2 cm³/mol. The highest BCUT2D eigenvalue weighted by Crippen LogP contribution is 2.32. The molecule has 18 heavy (non-hydrogen) atoms. The molecule has 1 aromatic rings. The van der Waals surface area contributed by atoms with Gasteiger partial charge in [0.05, 0.1) is 6.61 Å². The van der Waals surface area contributed by atoms with Gasteiger partial charge in [-0.15, -0.1) is 0 Å². The second-order valence-corrected chi connectivity index (χ2v) is 5.06. The number of nitrogens with zero attached hydrogens (tertiary/aromatic N) is 1. The van der Waals surface area contributed by atoms with E-state index in [1.807, 2.05) is 7.05 Å². The first kappa shape index (κ1) is 13.4. The Balaban J connectivity index is 2.12. The van der Waals surface area contributed by atoms with E-state index in [-0.39, 0.29) is 0 Å². The normalized spacial score (nSPS) is 14.8. The fraction of sp³-hybridized carbons (Fsp3) is 0.600. The van der Waals surface area contributed by atoms with Crippen molar-refractivity contribution in [1.29, 1.82) is 0 Å². The molecule has 1 fully saturated rings. The molecule has 3 nitrogen and oxygen atoms in total. The summed E-state index contributed by atoms with van der Waals surface area (Å²) in [5.41, 5.74) is 4.08. The first-order chi connectivity index (χ1) is 8.76. The van der Waals surface area contributed by atoms with E-state index in [0.717, 1.165) is 25.7 Å². The molecule has 0 bridgehead atoms. The van der Waals surface area contributed by atoms with Crippen LogP contribution in [0.25, 0.3) is 0 Å². The lowest BCUT2D eigenvalue weighted by Gasteiger charge is -2.25. The molecule has 0 aliphatic heterocycles. The lowest BCUT2D eigenvalue weighted by atomic mass is 10.1. The molecule has 2 rings (SSSR count). The van der Waals surface area contributed by atoms with Crippen LogP contribution in [0.1, 0.15) is 24.0 Å². The van der Waals surface area contributed by atoms with E-state index >= 15 is 0 Å². The molecule has 1 aliphatic rings. The van der Waals surface area contributed by atoms with E-state index in [4.69, 9.17) is 4.74 Å². The van der Waals surface area contributed by atoms with E-state index in [1.54, 1.807) is 7.11 Å². The molecule has 0 atom stereocenters. The van der Waals surface area contributed by atoms with Crippen LogP contribution in [0.3, 0.4) is 0 Å². The summed E-state index contributed by atoms with van der Waals surface area (Å²) >= 11 is 0. The fourth-order valence-electron chi connectivity index (χ4n) is 2.35. The Morgan fingerprint density at radius 2 is 2.17 bits per heavy atom. The van der Waals surface area contributed by atoms with Crippen LogP contribution in [0.2, 0.25) is 0 Å². The lowest BCUT2D eigenvalue weighted by molar-refractivity contribution is 0.205. The number of anilines is 1. The van der Waals surface area contributed by atoms with Gasteiger partial charge >= 0.3 is 0 Å². The summed E-state index contributed by atoms with van der Waals surface area (Å²) in [6.07, 6.45) is 2.64. The Hall–Kier alpha value is -1.06. The van der Waals surface area contributed by atoms with Gasteiger partial charge in [-0.25, -0.2) is 0 Å². The molecule has 100 valence electrons. The van der Waals surface area contributed by atoms with E-state index in [2.05, 4.69) is 35.3 Å². The van der Waals surface area contributed by atoms with Crippen molar-refractivity contribution in [2.45, 2.75) is 32.4 Å². The predicted octanol–water partition coefficient (Wildman–Crippen LogP) is 2.33. The quantitative estimate of drug-likeness (QED) is 0.801. The number of nitrogens with one attached hydrogen (secondary N) is 1. The fourth-order valence-corrected chi connectivity index (χ4v) is 2.35. The minimum absolute atomic E-state index is 0.731. The second kappa shape index (κ2) is 6.21. The lowest BCUT2D eigenvalue weighted by Crippen LogP contribution is -2.29. The Morgan fingerprint density at radius 3 is 2.72 bits per heavy atom. The van der Waals surface area contributed by atoms with Gasteiger partial charge in [-0.1, -0.05) is 6.07 Å². The zero-order valence-corrected chi connectivity index (χ0v) is 11.7. The third-order valence-corrected chi connectivity index (χ3v) is 3.55. The van der Waals surface area contributed by atoms with Crippen LogP contribution < -0.4 is 10.2 Å². The molecule has 0 aromatic heterocycles. The van der Waals surface area contributed by atoms with E-state index < -0.39 is 0 Å². The van der Waals surface area contributed by atoms with E-state index in [9.17, 15) is 0 Å². The van der Waals surface area contributed by atoms with Crippen LogP contribution in [0.5, 0.6) is 0 Å². The zero-order valence-electron chi connectivity index (χ0n) is 11.7. The molecule has 1 N–H and O–H groups in total. The summed E-state index contributed by atoms with van der Waals surface area (Å²) < 4.78 is 5.21. The number of ether oxygens (including phenoxy) is 1. The van der Waals surface area contributed by atoms with Crippen LogP contribution >= 0.6 is 0 Å². The van der Waals surface area contributed by atoms with Gasteiger partial charge in [0.1, 0.15) is 0 Å². The largest absolute Gasteiger partial charge is 0.383 e. The molecule has 1 aliphatic carbocycles. The summed E-state index contributed by atoms with van der Waals surface area (Å²) in [4.78, 5) is 2.49. The minimum atomic E-state index is 0.731. The molecule has 1 aromatic carbocycles. The van der Waals surface area contributed by atoms with Gasteiger partial charge in [0.25, 0.3) is 0 Å². The molecule has 0 unspecified atom stereocenters. The molecule has 0 radical (unpaired) electrons. The summed E-state index contributed by atoms with van der Waals surface area (Å²) in [7, 11) is 3.76. The van der Waals surface area contributed by atoms with Crippen molar-refractivity contribution < 1.29 is 4.74 Å². The van der Waals surface area contributed by atoms with Crippen molar-refractivity contribution in [3.8, 4) is 0 Å². The molecular weight excluding hydrogens is 224 g/mol. The number of hydrogen-bond donors (Lipinski definition) is 1. The maximum atomic E-state index is 5.21.